The first kappa shape index (κ1) is 16.5. The summed E-state index contributed by atoms with van der Waals surface area (Å²) in [6.07, 6.45) is 3.82. The van der Waals surface area contributed by atoms with Gasteiger partial charge in [-0.25, -0.2) is 0 Å². The number of carbonyl (C=O) groups excluding carboxylic acids is 1. The van der Waals surface area contributed by atoms with Gasteiger partial charge in [-0.15, -0.1) is 0 Å². The average molecular weight is 302 g/mol. The van der Waals surface area contributed by atoms with E-state index in [1.165, 1.54) is 0 Å². The minimum atomic E-state index is -0.0369. The van der Waals surface area contributed by atoms with Crippen molar-refractivity contribution in [1.82, 2.24) is 20.4 Å². The number of benzene rings is 1. The monoisotopic (exact) mass is 302 g/mol. The van der Waals surface area contributed by atoms with E-state index >= 15 is 0 Å². The van der Waals surface area contributed by atoms with Crippen LogP contribution in [0.1, 0.15) is 44.0 Å². The minimum Gasteiger partial charge on any atom is -0.350 e. The zero-order valence-electron chi connectivity index (χ0n) is 13.7. The molecule has 2 rings (SSSR count). The van der Waals surface area contributed by atoms with E-state index in [0.29, 0.717) is 5.56 Å². The molecule has 2 aromatic rings. The van der Waals surface area contributed by atoms with Gasteiger partial charge in [0.25, 0.3) is 5.91 Å². The van der Waals surface area contributed by atoms with Crippen molar-refractivity contribution in [3.63, 3.8) is 0 Å². The molecule has 1 heterocycles. The fraction of sp³-hybridized carbons (Fsp3) is 0.529. The van der Waals surface area contributed by atoms with E-state index < -0.39 is 0 Å². The van der Waals surface area contributed by atoms with Crippen LogP contribution < -0.4 is 5.32 Å². The average Bonchev–Trinajstić information content (AvgIpc) is 2.99. The zero-order valence-corrected chi connectivity index (χ0v) is 13.7. The van der Waals surface area contributed by atoms with E-state index in [-0.39, 0.29) is 11.9 Å². The van der Waals surface area contributed by atoms with Gasteiger partial charge in [-0.3, -0.25) is 9.89 Å². The van der Waals surface area contributed by atoms with Crippen molar-refractivity contribution in [2.24, 2.45) is 0 Å². The highest BCUT2D eigenvalue weighted by Gasteiger charge is 2.13. The van der Waals surface area contributed by atoms with E-state index in [9.17, 15) is 4.79 Å². The van der Waals surface area contributed by atoms with Crippen molar-refractivity contribution in [2.45, 2.75) is 39.7 Å². The lowest BCUT2D eigenvalue weighted by molar-refractivity contribution is 0.0938. The van der Waals surface area contributed by atoms with Crippen LogP contribution in [0.15, 0.2) is 24.4 Å². The summed E-state index contributed by atoms with van der Waals surface area (Å²) < 4.78 is 0. The van der Waals surface area contributed by atoms with Gasteiger partial charge >= 0.3 is 0 Å². The first-order valence-electron chi connectivity index (χ1n) is 8.11. The van der Waals surface area contributed by atoms with Gasteiger partial charge in [0.1, 0.15) is 0 Å². The fourth-order valence-electron chi connectivity index (χ4n) is 2.69. The van der Waals surface area contributed by atoms with E-state index in [0.717, 1.165) is 43.4 Å². The van der Waals surface area contributed by atoms with Crippen molar-refractivity contribution in [1.29, 1.82) is 0 Å². The number of amides is 1. The Hall–Kier alpha value is -1.88. The maximum absolute atomic E-state index is 12.4. The van der Waals surface area contributed by atoms with Crippen LogP contribution in [0.3, 0.4) is 0 Å². The molecule has 0 aliphatic rings. The maximum Gasteiger partial charge on any atom is 0.253 e. The van der Waals surface area contributed by atoms with Crippen LogP contribution in [0, 0.1) is 0 Å². The van der Waals surface area contributed by atoms with Gasteiger partial charge in [0, 0.05) is 11.4 Å². The molecule has 5 heteroatoms. The summed E-state index contributed by atoms with van der Waals surface area (Å²) in [6.45, 7) is 9.67. The number of hydrogen-bond donors (Lipinski definition) is 2. The number of H-pyrrole nitrogens is 1. The quantitative estimate of drug-likeness (QED) is 0.788. The third kappa shape index (κ3) is 4.07. The van der Waals surface area contributed by atoms with Gasteiger partial charge < -0.3 is 10.2 Å². The second kappa shape index (κ2) is 7.94. The molecule has 0 unspecified atom stereocenters. The normalized spacial score (nSPS) is 12.7. The first-order valence-corrected chi connectivity index (χ1v) is 8.11. The second-order valence-corrected chi connectivity index (χ2v) is 5.68. The predicted molar refractivity (Wildman–Crippen MR) is 90.0 cm³/mol. The molecule has 0 radical (unpaired) electrons. The van der Waals surface area contributed by atoms with Gasteiger partial charge in [-0.05, 0) is 45.5 Å². The molecule has 0 bridgehead atoms. The number of nitrogens with one attached hydrogen (secondary N) is 2. The second-order valence-electron chi connectivity index (χ2n) is 5.68. The Morgan fingerprint density at radius 1 is 1.36 bits per heavy atom. The molecule has 1 aromatic carbocycles. The molecule has 0 saturated carbocycles. The predicted octanol–water partition coefficient (Wildman–Crippen LogP) is 2.80. The Morgan fingerprint density at radius 2 is 2.14 bits per heavy atom. The Morgan fingerprint density at radius 3 is 2.86 bits per heavy atom. The van der Waals surface area contributed by atoms with Crippen LogP contribution in [-0.4, -0.2) is 46.7 Å². The highest BCUT2D eigenvalue weighted by atomic mass is 16.1. The molecule has 0 spiro atoms. The molecular formula is C17H26N4O. The minimum absolute atomic E-state index is 0.0369. The Bertz CT molecular complexity index is 603. The number of hydrogen-bond acceptors (Lipinski definition) is 3. The van der Waals surface area contributed by atoms with E-state index in [4.69, 9.17) is 0 Å². The summed E-state index contributed by atoms with van der Waals surface area (Å²) >= 11 is 0. The number of fused-ring (bicyclic) bond motifs is 1. The number of aromatic nitrogens is 2. The topological polar surface area (TPSA) is 61.0 Å². The lowest BCUT2D eigenvalue weighted by Crippen LogP contribution is -2.33. The third-order valence-corrected chi connectivity index (χ3v) is 4.10. The van der Waals surface area contributed by atoms with Crippen molar-refractivity contribution < 1.29 is 4.79 Å². The van der Waals surface area contributed by atoms with Crippen LogP contribution in [0.2, 0.25) is 0 Å². The molecule has 2 N–H and O–H groups in total. The molecule has 1 amide bonds. The van der Waals surface area contributed by atoms with Crippen molar-refractivity contribution in [3.05, 3.63) is 30.0 Å². The molecular weight excluding hydrogens is 276 g/mol. The number of carbonyl (C=O) groups is 1. The molecule has 120 valence electrons. The maximum atomic E-state index is 12.4. The van der Waals surface area contributed by atoms with E-state index in [1.54, 1.807) is 6.20 Å². The summed E-state index contributed by atoms with van der Waals surface area (Å²) in [6, 6.07) is 5.83. The first-order chi connectivity index (χ1) is 10.7. The van der Waals surface area contributed by atoms with Crippen molar-refractivity contribution >= 4 is 16.8 Å². The van der Waals surface area contributed by atoms with Crippen molar-refractivity contribution in [2.75, 3.05) is 19.6 Å². The van der Waals surface area contributed by atoms with Crippen LogP contribution >= 0.6 is 0 Å². The molecule has 5 nitrogen and oxygen atoms in total. The largest absolute Gasteiger partial charge is 0.350 e. The number of aromatic amines is 1. The Kier molecular flexibility index (Phi) is 5.95. The number of para-hydroxylation sites is 1. The summed E-state index contributed by atoms with van der Waals surface area (Å²) in [5, 5.41) is 10.9. The summed E-state index contributed by atoms with van der Waals surface area (Å²) in [4.78, 5) is 14.8. The molecule has 22 heavy (non-hydrogen) atoms. The van der Waals surface area contributed by atoms with Gasteiger partial charge in [0.15, 0.2) is 0 Å². The smallest absolute Gasteiger partial charge is 0.253 e. The zero-order chi connectivity index (χ0) is 15.9. The standard InChI is InChI=1S/C17H26N4O/c1-4-21(5-2)11-7-8-13(3)19-17(22)15-10-6-9-14-12-18-20-16(14)15/h6,9-10,12-13H,4-5,7-8,11H2,1-3H3,(H,18,20)(H,19,22)/t13-/m1/s1. The summed E-state index contributed by atoms with van der Waals surface area (Å²) in [7, 11) is 0. The van der Waals surface area contributed by atoms with Gasteiger partial charge in [0.05, 0.1) is 17.3 Å². The van der Waals surface area contributed by atoms with Gasteiger partial charge in [-0.1, -0.05) is 26.0 Å². The highest BCUT2D eigenvalue weighted by molar-refractivity contribution is 6.05. The van der Waals surface area contributed by atoms with Crippen molar-refractivity contribution in [3.8, 4) is 0 Å². The van der Waals surface area contributed by atoms with Crippen LogP contribution in [0.4, 0.5) is 0 Å². The molecule has 1 aromatic heterocycles. The highest BCUT2D eigenvalue weighted by Crippen LogP contribution is 2.15. The molecule has 0 fully saturated rings. The Balaban J connectivity index is 1.87. The van der Waals surface area contributed by atoms with E-state index in [2.05, 4.69) is 41.2 Å². The van der Waals surface area contributed by atoms with E-state index in [1.807, 2.05) is 18.2 Å². The lowest BCUT2D eigenvalue weighted by Gasteiger charge is -2.19. The summed E-state index contributed by atoms with van der Waals surface area (Å²) in [5.74, 6) is -0.0369. The molecule has 0 saturated heterocycles. The van der Waals surface area contributed by atoms with Gasteiger partial charge in [-0.2, -0.15) is 5.10 Å². The molecule has 0 aliphatic carbocycles. The Labute approximate surface area is 132 Å². The third-order valence-electron chi connectivity index (χ3n) is 4.10. The number of rotatable bonds is 8. The lowest BCUT2D eigenvalue weighted by atomic mass is 10.1. The number of nitrogens with zero attached hydrogens (tertiary/aromatic N) is 2. The molecule has 0 aliphatic heterocycles. The SMILES string of the molecule is CCN(CC)CCC[C@@H](C)NC(=O)c1cccc2cn[nH]c12. The summed E-state index contributed by atoms with van der Waals surface area (Å²) in [5.41, 5.74) is 1.46. The van der Waals surface area contributed by atoms with Crippen LogP contribution in [0.5, 0.6) is 0 Å². The molecule has 1 atom stereocenters. The fourth-order valence-corrected chi connectivity index (χ4v) is 2.69. The van der Waals surface area contributed by atoms with Crippen LogP contribution in [-0.2, 0) is 0 Å². The van der Waals surface area contributed by atoms with Crippen LogP contribution in [0.25, 0.3) is 10.9 Å². The van der Waals surface area contributed by atoms with Gasteiger partial charge in [0.2, 0.25) is 0 Å².